The first-order chi connectivity index (χ1) is 16.2. The number of methoxy groups -OCH3 is 1. The zero-order chi connectivity index (χ0) is 24.1. The van der Waals surface area contributed by atoms with Crippen LogP contribution in [0.2, 0.25) is 0 Å². The van der Waals surface area contributed by atoms with Crippen LogP contribution in [0.3, 0.4) is 0 Å². The van der Waals surface area contributed by atoms with E-state index in [0.29, 0.717) is 29.3 Å². The van der Waals surface area contributed by atoms with Crippen molar-refractivity contribution in [2.24, 2.45) is 22.4 Å². The first-order valence-corrected chi connectivity index (χ1v) is 13.0. The number of nitrogens with one attached hydrogen (secondary N) is 1. The number of pyridine rings is 1. The number of ether oxygens (including phenoxy) is 1. The lowest BCUT2D eigenvalue weighted by Crippen LogP contribution is -2.43. The molecule has 2 aromatic rings. The van der Waals surface area contributed by atoms with Gasteiger partial charge in [-0.05, 0) is 79.2 Å². The monoisotopic (exact) mass is 483 g/mol. The second kappa shape index (κ2) is 8.39. The third-order valence-electron chi connectivity index (χ3n) is 7.94. The maximum atomic E-state index is 13.2. The van der Waals surface area contributed by atoms with Gasteiger partial charge >= 0.3 is 10.3 Å². The first-order valence-electron chi connectivity index (χ1n) is 11.5. The van der Waals surface area contributed by atoms with Gasteiger partial charge in [0.15, 0.2) is 0 Å². The number of amides is 1. The van der Waals surface area contributed by atoms with Crippen molar-refractivity contribution in [1.82, 2.24) is 4.98 Å². The molecule has 1 saturated carbocycles. The van der Waals surface area contributed by atoms with Gasteiger partial charge in [-0.15, -0.1) is 0 Å². The highest BCUT2D eigenvalue weighted by Crippen LogP contribution is 2.61. The van der Waals surface area contributed by atoms with Gasteiger partial charge in [0.1, 0.15) is 5.75 Å². The molecule has 4 atom stereocenters. The Morgan fingerprint density at radius 3 is 2.76 bits per heavy atom. The molecule has 4 unspecified atom stereocenters. The minimum Gasteiger partial charge on any atom is -0.481 e. The van der Waals surface area contributed by atoms with Crippen LogP contribution in [0.25, 0.3) is 0 Å². The van der Waals surface area contributed by atoms with E-state index in [-0.39, 0.29) is 17.1 Å². The summed E-state index contributed by atoms with van der Waals surface area (Å²) in [6, 6.07) is 9.00. The number of anilines is 1. The molecule has 180 valence electrons. The van der Waals surface area contributed by atoms with Crippen molar-refractivity contribution in [3.63, 3.8) is 0 Å². The van der Waals surface area contributed by atoms with E-state index in [9.17, 15) is 13.2 Å². The number of rotatable bonds is 5. The predicted molar refractivity (Wildman–Crippen MR) is 128 cm³/mol. The number of aryl methyl sites for hydroxylation is 1. The summed E-state index contributed by atoms with van der Waals surface area (Å²) in [4.78, 5) is 17.4. The van der Waals surface area contributed by atoms with Gasteiger partial charge in [0.2, 0.25) is 5.88 Å². The van der Waals surface area contributed by atoms with Gasteiger partial charge in [-0.25, -0.2) is 4.98 Å². The number of benzene rings is 1. The predicted octanol–water partition coefficient (Wildman–Crippen LogP) is 3.70. The molecule has 1 heterocycles. The van der Waals surface area contributed by atoms with Gasteiger partial charge < -0.3 is 14.2 Å². The minimum atomic E-state index is -4.04. The Labute approximate surface area is 199 Å². The summed E-state index contributed by atoms with van der Waals surface area (Å²) in [7, 11) is -2.48. The first kappa shape index (κ1) is 22.9. The summed E-state index contributed by atoms with van der Waals surface area (Å²) in [6.45, 7) is 2.23. The molecule has 3 aliphatic carbocycles. The smallest absolute Gasteiger partial charge is 0.380 e. The third-order valence-corrected chi connectivity index (χ3v) is 8.36. The standard InChI is InChI=1S/C25H29N3O5S/c1-25-12-11-19-18-7-5-17(33-34(26,30)31)13-15(18)3-6-20(19)21(25)8-9-22(25)24(29)28-16-4-10-23(32-2)27-14-16/h4-5,7,9-10,13-14,19-21H,3,6,8,11-12H2,1-2H3,(H,28,29)(H2,26,30,31). The number of aromatic nitrogens is 1. The molecule has 8 nitrogen and oxygen atoms in total. The molecule has 0 radical (unpaired) electrons. The maximum Gasteiger partial charge on any atom is 0.380 e. The largest absolute Gasteiger partial charge is 0.481 e. The van der Waals surface area contributed by atoms with Crippen molar-refractivity contribution in [2.75, 3.05) is 12.4 Å². The van der Waals surface area contributed by atoms with Gasteiger partial charge in [0.25, 0.3) is 5.91 Å². The Kier molecular flexibility index (Phi) is 5.64. The number of carbonyl (C=O) groups excluding carboxylic acids is 1. The van der Waals surface area contributed by atoms with E-state index in [2.05, 4.69) is 23.3 Å². The van der Waals surface area contributed by atoms with Crippen LogP contribution >= 0.6 is 0 Å². The fraction of sp³-hybridized carbons (Fsp3) is 0.440. The molecule has 0 spiro atoms. The number of hydrogen-bond acceptors (Lipinski definition) is 6. The normalized spacial score (nSPS) is 27.6. The summed E-state index contributed by atoms with van der Waals surface area (Å²) < 4.78 is 32.6. The Morgan fingerprint density at radius 2 is 2.06 bits per heavy atom. The van der Waals surface area contributed by atoms with Crippen LogP contribution in [0, 0.1) is 17.3 Å². The Morgan fingerprint density at radius 1 is 1.24 bits per heavy atom. The highest BCUT2D eigenvalue weighted by molar-refractivity contribution is 7.84. The van der Waals surface area contributed by atoms with Crippen molar-refractivity contribution in [3.05, 3.63) is 59.3 Å². The molecule has 3 N–H and O–H groups in total. The molecule has 34 heavy (non-hydrogen) atoms. The number of carbonyl (C=O) groups is 1. The zero-order valence-electron chi connectivity index (χ0n) is 19.3. The third kappa shape index (κ3) is 4.07. The molecule has 0 saturated heterocycles. The van der Waals surface area contributed by atoms with E-state index >= 15 is 0 Å². The van der Waals surface area contributed by atoms with E-state index in [1.54, 1.807) is 37.6 Å². The van der Waals surface area contributed by atoms with E-state index in [1.807, 2.05) is 6.07 Å². The van der Waals surface area contributed by atoms with Crippen molar-refractivity contribution in [3.8, 4) is 11.6 Å². The zero-order valence-corrected chi connectivity index (χ0v) is 20.1. The maximum absolute atomic E-state index is 13.2. The van der Waals surface area contributed by atoms with Gasteiger partial charge in [-0.2, -0.15) is 13.6 Å². The second-order valence-corrected chi connectivity index (χ2v) is 10.9. The van der Waals surface area contributed by atoms with Crippen LogP contribution in [-0.4, -0.2) is 26.4 Å². The quantitative estimate of drug-likeness (QED) is 0.669. The summed E-state index contributed by atoms with van der Waals surface area (Å²) in [5.41, 5.74) is 3.74. The molecule has 5 rings (SSSR count). The van der Waals surface area contributed by atoms with Gasteiger partial charge in [0, 0.05) is 17.1 Å². The molecule has 9 heteroatoms. The highest BCUT2D eigenvalue weighted by Gasteiger charge is 2.53. The second-order valence-electron chi connectivity index (χ2n) is 9.71. The van der Waals surface area contributed by atoms with Crippen LogP contribution in [-0.2, 0) is 21.5 Å². The molecule has 0 bridgehead atoms. The topological polar surface area (TPSA) is 121 Å². The van der Waals surface area contributed by atoms with Crippen LogP contribution < -0.4 is 19.4 Å². The molecule has 3 aliphatic rings. The molecule has 1 fully saturated rings. The van der Waals surface area contributed by atoms with Crippen molar-refractivity contribution >= 4 is 21.9 Å². The average Bonchev–Trinajstić information content (AvgIpc) is 3.15. The van der Waals surface area contributed by atoms with Crippen molar-refractivity contribution in [1.29, 1.82) is 0 Å². The molecule has 1 aromatic carbocycles. The minimum absolute atomic E-state index is 0.0589. The summed E-state index contributed by atoms with van der Waals surface area (Å²) >= 11 is 0. The molecular weight excluding hydrogens is 454 g/mol. The average molecular weight is 484 g/mol. The van der Waals surface area contributed by atoms with E-state index in [4.69, 9.17) is 14.1 Å². The van der Waals surface area contributed by atoms with Crippen LogP contribution in [0.5, 0.6) is 11.6 Å². The van der Waals surface area contributed by atoms with E-state index < -0.39 is 10.3 Å². The molecule has 1 aromatic heterocycles. The van der Waals surface area contributed by atoms with Gasteiger partial charge in [-0.1, -0.05) is 19.1 Å². The summed E-state index contributed by atoms with van der Waals surface area (Å²) in [5.74, 6) is 1.97. The van der Waals surface area contributed by atoms with Gasteiger partial charge in [0.05, 0.1) is 19.0 Å². The molecule has 0 aliphatic heterocycles. The van der Waals surface area contributed by atoms with E-state index in [0.717, 1.165) is 43.2 Å². The highest BCUT2D eigenvalue weighted by atomic mass is 32.2. The fourth-order valence-corrected chi connectivity index (χ4v) is 6.81. The van der Waals surface area contributed by atoms with Crippen molar-refractivity contribution < 1.29 is 22.1 Å². The lowest BCUT2D eigenvalue weighted by Gasteiger charge is -2.50. The van der Waals surface area contributed by atoms with Crippen molar-refractivity contribution in [2.45, 2.75) is 44.9 Å². The SMILES string of the molecule is COc1ccc(NC(=O)C2=CCC3C4CCc5cc(OS(N)(=O)=O)ccc5C4CCC23C)cn1. The molecule has 1 amide bonds. The number of nitrogens with two attached hydrogens (primary N) is 1. The number of nitrogens with zero attached hydrogens (tertiary/aromatic N) is 1. The summed E-state index contributed by atoms with van der Waals surface area (Å²) in [6.07, 6.45) is 8.38. The van der Waals surface area contributed by atoms with Gasteiger partial charge in [-0.3, -0.25) is 4.79 Å². The van der Waals surface area contributed by atoms with Crippen LogP contribution in [0.4, 0.5) is 5.69 Å². The van der Waals surface area contributed by atoms with E-state index in [1.165, 1.54) is 5.56 Å². The van der Waals surface area contributed by atoms with Crippen LogP contribution in [0.1, 0.15) is 49.7 Å². The number of hydrogen-bond donors (Lipinski definition) is 2. The number of fused-ring (bicyclic) bond motifs is 5. The Bertz CT molecular complexity index is 1260. The van der Waals surface area contributed by atoms with Crippen LogP contribution in [0.15, 0.2) is 48.2 Å². The Balaban J connectivity index is 1.33. The lowest BCUT2D eigenvalue weighted by atomic mass is 9.54. The summed E-state index contributed by atoms with van der Waals surface area (Å²) in [5, 5.41) is 8.03. The molecular formula is C25H29N3O5S. The lowest BCUT2D eigenvalue weighted by molar-refractivity contribution is -0.114. The Hall–Kier alpha value is -2.91. The number of allylic oxidation sites excluding steroid dienone is 1. The fourth-order valence-electron chi connectivity index (χ4n) is 6.44.